The summed E-state index contributed by atoms with van der Waals surface area (Å²) in [4.78, 5) is 8.65. The van der Waals surface area contributed by atoms with Crippen LogP contribution in [-0.4, -0.2) is 9.97 Å². The predicted octanol–water partition coefficient (Wildman–Crippen LogP) is 3.90. The number of furan rings is 1. The molecule has 0 saturated carbocycles. The van der Waals surface area contributed by atoms with Gasteiger partial charge in [-0.25, -0.2) is 9.97 Å². The minimum atomic E-state index is 0.466. The van der Waals surface area contributed by atoms with Crippen molar-refractivity contribution in [1.82, 2.24) is 9.97 Å². The Morgan fingerprint density at radius 1 is 1.24 bits per heavy atom. The summed E-state index contributed by atoms with van der Waals surface area (Å²) in [5.41, 5.74) is 0.956. The molecule has 0 unspecified atom stereocenters. The lowest BCUT2D eigenvalue weighted by Gasteiger charge is -2.02. The highest BCUT2D eigenvalue weighted by atomic mass is 35.5. The summed E-state index contributed by atoms with van der Waals surface area (Å²) >= 11 is 5.98. The Bertz CT molecular complexity index is 508. The van der Waals surface area contributed by atoms with Crippen LogP contribution in [-0.2, 0) is 12.8 Å². The van der Waals surface area contributed by atoms with E-state index in [2.05, 4.69) is 16.9 Å². The third kappa shape index (κ3) is 2.86. The van der Waals surface area contributed by atoms with Gasteiger partial charge < -0.3 is 4.42 Å². The van der Waals surface area contributed by atoms with Crippen LogP contribution in [0.3, 0.4) is 0 Å². The highest BCUT2D eigenvalue weighted by Crippen LogP contribution is 2.21. The van der Waals surface area contributed by atoms with Crippen LogP contribution in [0.4, 0.5) is 0 Å². The smallest absolute Gasteiger partial charge is 0.197 e. The van der Waals surface area contributed by atoms with E-state index in [1.165, 1.54) is 0 Å². The van der Waals surface area contributed by atoms with Crippen LogP contribution >= 0.6 is 11.6 Å². The number of aromatic nitrogens is 2. The molecule has 0 fully saturated rings. The van der Waals surface area contributed by atoms with Crippen LogP contribution in [0.25, 0.3) is 11.6 Å². The number of rotatable bonds is 4. The first-order valence-electron chi connectivity index (χ1n) is 5.85. The van der Waals surface area contributed by atoms with Gasteiger partial charge in [0.15, 0.2) is 11.6 Å². The predicted molar refractivity (Wildman–Crippen MR) is 68.1 cm³/mol. The lowest BCUT2D eigenvalue weighted by Crippen LogP contribution is -1.95. The Morgan fingerprint density at radius 2 is 2.06 bits per heavy atom. The molecule has 2 aromatic heterocycles. The Hall–Kier alpha value is -1.35. The summed E-state index contributed by atoms with van der Waals surface area (Å²) in [5.74, 6) is 2.18. The Kier molecular flexibility index (Phi) is 3.79. The monoisotopic (exact) mass is 250 g/mol. The van der Waals surface area contributed by atoms with E-state index < -0.39 is 0 Å². The fraction of sp³-hybridized carbons (Fsp3) is 0.385. The van der Waals surface area contributed by atoms with Crippen LogP contribution in [0.2, 0.25) is 5.15 Å². The molecule has 0 aromatic carbocycles. The second kappa shape index (κ2) is 5.32. The molecule has 0 saturated heterocycles. The van der Waals surface area contributed by atoms with Crippen molar-refractivity contribution in [2.45, 2.75) is 33.1 Å². The van der Waals surface area contributed by atoms with Crippen molar-refractivity contribution in [2.24, 2.45) is 0 Å². The van der Waals surface area contributed by atoms with E-state index in [0.29, 0.717) is 16.7 Å². The van der Waals surface area contributed by atoms with Gasteiger partial charge in [0.1, 0.15) is 10.9 Å². The number of hydrogen-bond acceptors (Lipinski definition) is 3. The van der Waals surface area contributed by atoms with Crippen LogP contribution in [0, 0.1) is 0 Å². The summed E-state index contributed by atoms with van der Waals surface area (Å²) in [6.07, 6.45) is 2.80. The SMILES string of the molecule is CCCc1cc(Cl)nc(-c2ccc(CC)o2)n1. The van der Waals surface area contributed by atoms with Gasteiger partial charge in [-0.05, 0) is 24.6 Å². The molecule has 0 aliphatic rings. The first-order valence-corrected chi connectivity index (χ1v) is 6.23. The maximum absolute atomic E-state index is 5.98. The molecule has 4 heteroatoms. The fourth-order valence-corrected chi connectivity index (χ4v) is 1.85. The first-order chi connectivity index (χ1) is 8.22. The molecule has 3 nitrogen and oxygen atoms in total. The number of aryl methyl sites for hydroxylation is 2. The minimum Gasteiger partial charge on any atom is -0.458 e. The van der Waals surface area contributed by atoms with Crippen molar-refractivity contribution >= 4 is 11.6 Å². The zero-order chi connectivity index (χ0) is 12.3. The van der Waals surface area contributed by atoms with Crippen LogP contribution < -0.4 is 0 Å². The minimum absolute atomic E-state index is 0.466. The molecule has 0 aliphatic heterocycles. The molecule has 0 spiro atoms. The lowest BCUT2D eigenvalue weighted by atomic mass is 10.2. The second-order valence-corrected chi connectivity index (χ2v) is 4.26. The van der Waals surface area contributed by atoms with E-state index in [0.717, 1.165) is 30.7 Å². The van der Waals surface area contributed by atoms with Gasteiger partial charge in [-0.3, -0.25) is 0 Å². The van der Waals surface area contributed by atoms with E-state index in [1.807, 2.05) is 19.1 Å². The topological polar surface area (TPSA) is 38.9 Å². The normalized spacial score (nSPS) is 10.8. The van der Waals surface area contributed by atoms with Gasteiger partial charge in [-0.15, -0.1) is 0 Å². The van der Waals surface area contributed by atoms with Crippen molar-refractivity contribution in [3.05, 3.63) is 34.8 Å². The average molecular weight is 251 g/mol. The lowest BCUT2D eigenvalue weighted by molar-refractivity contribution is 0.525. The van der Waals surface area contributed by atoms with Gasteiger partial charge in [0.25, 0.3) is 0 Å². The molecular formula is C13H15ClN2O. The molecular weight excluding hydrogens is 236 g/mol. The van der Waals surface area contributed by atoms with Gasteiger partial charge >= 0.3 is 0 Å². The summed E-state index contributed by atoms with van der Waals surface area (Å²) in [5, 5.41) is 0.466. The molecule has 0 N–H and O–H groups in total. The van der Waals surface area contributed by atoms with Gasteiger partial charge in [-0.1, -0.05) is 31.9 Å². The van der Waals surface area contributed by atoms with Gasteiger partial charge in [-0.2, -0.15) is 0 Å². The molecule has 2 aromatic rings. The third-order valence-electron chi connectivity index (χ3n) is 2.48. The number of hydrogen-bond donors (Lipinski definition) is 0. The Balaban J connectivity index is 2.37. The summed E-state index contributed by atoms with van der Waals surface area (Å²) in [6, 6.07) is 5.64. The highest BCUT2D eigenvalue weighted by Gasteiger charge is 2.09. The zero-order valence-electron chi connectivity index (χ0n) is 10.0. The van der Waals surface area contributed by atoms with E-state index in [1.54, 1.807) is 6.07 Å². The van der Waals surface area contributed by atoms with Crippen molar-refractivity contribution in [2.75, 3.05) is 0 Å². The standard InChI is InChI=1S/C13H15ClN2O/c1-3-5-9-8-12(14)16-13(15-9)11-7-6-10(4-2)17-11/h6-8H,3-5H2,1-2H3. The molecule has 0 atom stereocenters. The highest BCUT2D eigenvalue weighted by molar-refractivity contribution is 6.29. The van der Waals surface area contributed by atoms with Crippen LogP contribution in [0.15, 0.2) is 22.6 Å². The quantitative estimate of drug-likeness (QED) is 0.773. The second-order valence-electron chi connectivity index (χ2n) is 3.88. The van der Waals surface area contributed by atoms with E-state index in [9.17, 15) is 0 Å². The summed E-state index contributed by atoms with van der Waals surface area (Å²) in [6.45, 7) is 4.15. The largest absolute Gasteiger partial charge is 0.458 e. The number of nitrogens with zero attached hydrogens (tertiary/aromatic N) is 2. The van der Waals surface area contributed by atoms with Gasteiger partial charge in [0.05, 0.1) is 0 Å². The molecule has 90 valence electrons. The Morgan fingerprint density at radius 3 is 2.71 bits per heavy atom. The molecule has 0 aliphatic carbocycles. The van der Waals surface area contributed by atoms with Crippen molar-refractivity contribution in [1.29, 1.82) is 0 Å². The van der Waals surface area contributed by atoms with Crippen molar-refractivity contribution in [3.63, 3.8) is 0 Å². The summed E-state index contributed by atoms with van der Waals surface area (Å²) < 4.78 is 5.62. The molecule has 17 heavy (non-hydrogen) atoms. The fourth-order valence-electron chi connectivity index (χ4n) is 1.65. The van der Waals surface area contributed by atoms with Gasteiger partial charge in [0.2, 0.25) is 0 Å². The average Bonchev–Trinajstić information content (AvgIpc) is 2.77. The Labute approximate surface area is 106 Å². The first kappa shape index (κ1) is 12.1. The van der Waals surface area contributed by atoms with Crippen LogP contribution in [0.1, 0.15) is 31.7 Å². The molecule has 2 rings (SSSR count). The van der Waals surface area contributed by atoms with Gasteiger partial charge in [0, 0.05) is 12.1 Å². The number of halogens is 1. The van der Waals surface area contributed by atoms with Crippen molar-refractivity contribution < 1.29 is 4.42 Å². The van der Waals surface area contributed by atoms with E-state index in [4.69, 9.17) is 16.0 Å². The molecule has 0 bridgehead atoms. The third-order valence-corrected chi connectivity index (χ3v) is 2.68. The van der Waals surface area contributed by atoms with Crippen molar-refractivity contribution in [3.8, 4) is 11.6 Å². The summed E-state index contributed by atoms with van der Waals surface area (Å²) in [7, 11) is 0. The maximum Gasteiger partial charge on any atom is 0.197 e. The molecule has 2 heterocycles. The molecule has 0 radical (unpaired) electrons. The van der Waals surface area contributed by atoms with Crippen LogP contribution in [0.5, 0.6) is 0 Å². The zero-order valence-corrected chi connectivity index (χ0v) is 10.8. The van der Waals surface area contributed by atoms with E-state index >= 15 is 0 Å². The maximum atomic E-state index is 5.98. The molecule has 0 amide bonds. The van der Waals surface area contributed by atoms with E-state index in [-0.39, 0.29) is 0 Å².